The first-order valence-electron chi connectivity index (χ1n) is 7.09. The first-order valence-corrected chi connectivity index (χ1v) is 8.41. The first-order chi connectivity index (χ1) is 9.92. The van der Waals surface area contributed by atoms with Crippen LogP contribution >= 0.6 is 23.4 Å². The molecule has 1 aliphatic heterocycles. The van der Waals surface area contributed by atoms with Crippen LogP contribution in [0.5, 0.6) is 0 Å². The number of ether oxygens (including phenoxy) is 1. The molecule has 1 aromatic carbocycles. The number of benzene rings is 1. The number of hydrogen-bond acceptors (Lipinski definition) is 5. The van der Waals surface area contributed by atoms with Gasteiger partial charge in [0.1, 0.15) is 0 Å². The second kappa shape index (κ2) is 6.79. The van der Waals surface area contributed by atoms with Gasteiger partial charge in [-0.2, -0.15) is 11.8 Å². The molecule has 1 saturated heterocycles. The Kier molecular flexibility index (Phi) is 5.27. The number of thioether (sulfide) groups is 1. The van der Waals surface area contributed by atoms with E-state index in [1.165, 1.54) is 0 Å². The number of nitrogens with zero attached hydrogens (tertiary/aromatic N) is 1. The van der Waals surface area contributed by atoms with E-state index in [2.05, 4.69) is 18.7 Å². The maximum Gasteiger partial charge on any atom is 0.340 e. The van der Waals surface area contributed by atoms with Crippen molar-refractivity contribution in [2.45, 2.75) is 31.3 Å². The van der Waals surface area contributed by atoms with Crippen LogP contribution in [0.25, 0.3) is 0 Å². The van der Waals surface area contributed by atoms with Crippen molar-refractivity contribution in [3.8, 4) is 0 Å². The second-order valence-corrected chi connectivity index (χ2v) is 7.57. The minimum absolute atomic E-state index is 0.327. The van der Waals surface area contributed by atoms with Crippen LogP contribution in [0.3, 0.4) is 0 Å². The van der Waals surface area contributed by atoms with Crippen LogP contribution in [-0.4, -0.2) is 36.2 Å². The number of nitrogen functional groups attached to an aromatic ring is 1. The molecule has 0 spiro atoms. The van der Waals surface area contributed by atoms with Gasteiger partial charge in [0, 0.05) is 29.3 Å². The summed E-state index contributed by atoms with van der Waals surface area (Å²) in [5, 5.41) is 1.47. The molecule has 1 fully saturated rings. The zero-order valence-electron chi connectivity index (χ0n) is 12.6. The van der Waals surface area contributed by atoms with E-state index in [1.807, 2.05) is 11.8 Å². The highest BCUT2D eigenvalue weighted by Gasteiger charge is 2.28. The average molecular weight is 329 g/mol. The first kappa shape index (κ1) is 16.3. The van der Waals surface area contributed by atoms with E-state index in [-0.39, 0.29) is 5.97 Å². The van der Waals surface area contributed by atoms with Gasteiger partial charge in [-0.1, -0.05) is 25.4 Å². The summed E-state index contributed by atoms with van der Waals surface area (Å²) in [6.45, 7) is 8.18. The Morgan fingerprint density at radius 3 is 2.62 bits per heavy atom. The summed E-state index contributed by atoms with van der Waals surface area (Å²) in [6, 6.07) is 3.34. The van der Waals surface area contributed by atoms with E-state index in [0.717, 1.165) is 18.8 Å². The molecule has 6 heteroatoms. The predicted octanol–water partition coefficient (Wildman–Crippen LogP) is 3.43. The molecule has 0 aromatic heterocycles. The molecule has 0 amide bonds. The largest absolute Gasteiger partial charge is 0.462 e. The van der Waals surface area contributed by atoms with Crippen molar-refractivity contribution in [3.63, 3.8) is 0 Å². The Morgan fingerprint density at radius 2 is 2.05 bits per heavy atom. The molecule has 2 N–H and O–H groups in total. The van der Waals surface area contributed by atoms with Crippen molar-refractivity contribution in [1.29, 1.82) is 0 Å². The van der Waals surface area contributed by atoms with Gasteiger partial charge in [-0.05, 0) is 19.1 Å². The molecule has 1 aromatic rings. The van der Waals surface area contributed by atoms with E-state index in [1.54, 1.807) is 19.1 Å². The van der Waals surface area contributed by atoms with Crippen LogP contribution in [0, 0.1) is 0 Å². The van der Waals surface area contributed by atoms with Gasteiger partial charge in [-0.15, -0.1) is 0 Å². The average Bonchev–Trinajstić information content (AvgIpc) is 2.36. The van der Waals surface area contributed by atoms with Crippen molar-refractivity contribution in [2.24, 2.45) is 0 Å². The van der Waals surface area contributed by atoms with Crippen molar-refractivity contribution in [2.75, 3.05) is 30.3 Å². The summed E-state index contributed by atoms with van der Waals surface area (Å²) >= 11 is 8.32. The number of esters is 1. The fourth-order valence-corrected chi connectivity index (χ4v) is 4.34. The summed E-state index contributed by atoms with van der Waals surface area (Å²) in [6.07, 6.45) is 0. The number of nitrogens with two attached hydrogens (primary N) is 1. The fraction of sp³-hybridized carbons (Fsp3) is 0.533. The van der Waals surface area contributed by atoms with Gasteiger partial charge in [-0.25, -0.2) is 4.79 Å². The zero-order valence-corrected chi connectivity index (χ0v) is 14.1. The molecule has 2 rings (SSSR count). The van der Waals surface area contributed by atoms with Gasteiger partial charge >= 0.3 is 5.97 Å². The molecule has 0 radical (unpaired) electrons. The minimum Gasteiger partial charge on any atom is -0.462 e. The number of carbonyl (C=O) groups excluding carboxylic acids is 1. The quantitative estimate of drug-likeness (QED) is 0.680. The van der Waals surface area contributed by atoms with Crippen LogP contribution < -0.4 is 10.6 Å². The number of carbonyl (C=O) groups is 1. The van der Waals surface area contributed by atoms with Crippen LogP contribution in [0.1, 0.15) is 31.1 Å². The van der Waals surface area contributed by atoms with Crippen LogP contribution in [0.2, 0.25) is 5.02 Å². The highest BCUT2D eigenvalue weighted by Crippen LogP contribution is 2.37. The summed E-state index contributed by atoms with van der Waals surface area (Å²) in [5.41, 5.74) is 7.49. The van der Waals surface area contributed by atoms with Gasteiger partial charge < -0.3 is 15.4 Å². The van der Waals surface area contributed by atoms with E-state index in [9.17, 15) is 4.79 Å². The number of halogens is 1. The molecule has 4 nitrogen and oxygen atoms in total. The molecular weight excluding hydrogens is 308 g/mol. The number of rotatable bonds is 3. The lowest BCUT2D eigenvalue weighted by Gasteiger charge is -2.37. The smallest absolute Gasteiger partial charge is 0.340 e. The van der Waals surface area contributed by atoms with E-state index >= 15 is 0 Å². The third-order valence-electron chi connectivity index (χ3n) is 3.32. The SMILES string of the molecule is CCOC(=O)c1cc(N)cc(Cl)c1N1CC(C)SC(C)C1. The van der Waals surface area contributed by atoms with Gasteiger partial charge in [0.2, 0.25) is 0 Å². The molecule has 2 atom stereocenters. The van der Waals surface area contributed by atoms with Crippen molar-refractivity contribution < 1.29 is 9.53 Å². The maximum absolute atomic E-state index is 12.2. The summed E-state index contributed by atoms with van der Waals surface area (Å²) in [7, 11) is 0. The lowest BCUT2D eigenvalue weighted by molar-refractivity contribution is 0.0527. The van der Waals surface area contributed by atoms with Gasteiger partial charge in [0.05, 0.1) is 22.9 Å². The highest BCUT2D eigenvalue weighted by atomic mass is 35.5. The normalized spacial score (nSPS) is 22.2. The molecule has 1 heterocycles. The van der Waals surface area contributed by atoms with Crippen LogP contribution in [0.4, 0.5) is 11.4 Å². The Balaban J connectivity index is 2.43. The molecule has 0 saturated carbocycles. The second-order valence-electron chi connectivity index (χ2n) is 5.28. The highest BCUT2D eigenvalue weighted by molar-refractivity contribution is 8.00. The van der Waals surface area contributed by atoms with Gasteiger partial charge in [0.15, 0.2) is 0 Å². The molecule has 116 valence electrons. The number of hydrogen-bond donors (Lipinski definition) is 1. The van der Waals surface area contributed by atoms with Gasteiger partial charge in [-0.3, -0.25) is 0 Å². The van der Waals surface area contributed by atoms with Crippen LogP contribution in [-0.2, 0) is 4.74 Å². The third-order valence-corrected chi connectivity index (χ3v) is 4.83. The molecular formula is C15H21ClN2O2S. The minimum atomic E-state index is -0.375. The van der Waals surface area contributed by atoms with Crippen molar-refractivity contribution >= 4 is 40.7 Å². The molecule has 1 aliphatic rings. The summed E-state index contributed by atoms with van der Waals surface area (Å²) in [5.74, 6) is -0.375. The topological polar surface area (TPSA) is 55.6 Å². The van der Waals surface area contributed by atoms with E-state index in [4.69, 9.17) is 22.1 Å². The van der Waals surface area contributed by atoms with Gasteiger partial charge in [0.25, 0.3) is 0 Å². The van der Waals surface area contributed by atoms with E-state index < -0.39 is 0 Å². The van der Waals surface area contributed by atoms with Crippen molar-refractivity contribution in [3.05, 3.63) is 22.7 Å². The monoisotopic (exact) mass is 328 g/mol. The molecule has 0 bridgehead atoms. The molecule has 2 unspecified atom stereocenters. The Morgan fingerprint density at radius 1 is 1.43 bits per heavy atom. The molecule has 21 heavy (non-hydrogen) atoms. The Hall–Kier alpha value is -1.07. The third kappa shape index (κ3) is 3.77. The fourth-order valence-electron chi connectivity index (χ4n) is 2.67. The lowest BCUT2D eigenvalue weighted by Crippen LogP contribution is -2.41. The molecule has 0 aliphatic carbocycles. The summed E-state index contributed by atoms with van der Waals surface area (Å²) < 4.78 is 5.14. The standard InChI is InChI=1S/C15H21ClN2O2S/c1-4-20-15(19)12-5-11(17)6-13(16)14(12)18-7-9(2)21-10(3)8-18/h5-6,9-10H,4,7-8,17H2,1-3H3. The number of anilines is 2. The Labute approximate surface area is 135 Å². The zero-order chi connectivity index (χ0) is 15.6. The van der Waals surface area contributed by atoms with Crippen LogP contribution in [0.15, 0.2) is 12.1 Å². The summed E-state index contributed by atoms with van der Waals surface area (Å²) in [4.78, 5) is 14.4. The van der Waals surface area contributed by atoms with E-state index in [0.29, 0.717) is 33.4 Å². The Bertz CT molecular complexity index is 529. The maximum atomic E-state index is 12.2. The lowest BCUT2D eigenvalue weighted by atomic mass is 10.1. The van der Waals surface area contributed by atoms with Crippen molar-refractivity contribution in [1.82, 2.24) is 0 Å². The predicted molar refractivity (Wildman–Crippen MR) is 90.5 cm³/mol.